The van der Waals surface area contributed by atoms with Crippen LogP contribution in [0, 0.1) is 11.7 Å². The van der Waals surface area contributed by atoms with Gasteiger partial charge in [0.25, 0.3) is 0 Å². The van der Waals surface area contributed by atoms with Gasteiger partial charge in [0.05, 0.1) is 6.04 Å². The normalized spacial score (nSPS) is 30.1. The van der Waals surface area contributed by atoms with Crippen LogP contribution in [0.1, 0.15) is 37.7 Å². The molecule has 102 valence electrons. The van der Waals surface area contributed by atoms with Gasteiger partial charge >= 0.3 is 0 Å². The highest BCUT2D eigenvalue weighted by Gasteiger charge is 2.37. The van der Waals surface area contributed by atoms with Crippen LogP contribution in [0.5, 0.6) is 0 Å². The van der Waals surface area contributed by atoms with Gasteiger partial charge in [0.2, 0.25) is 0 Å². The van der Waals surface area contributed by atoms with E-state index in [1.165, 1.54) is 37.8 Å². The van der Waals surface area contributed by atoms with Crippen molar-refractivity contribution in [1.29, 1.82) is 0 Å². The molecule has 3 unspecified atom stereocenters. The number of carbonyl (C=O) groups is 1. The fourth-order valence-electron chi connectivity index (χ4n) is 3.49. The first-order valence-electron chi connectivity index (χ1n) is 7.25. The van der Waals surface area contributed by atoms with Gasteiger partial charge < -0.3 is 5.32 Å². The highest BCUT2D eigenvalue weighted by Crippen LogP contribution is 2.33. The van der Waals surface area contributed by atoms with E-state index in [9.17, 15) is 9.18 Å². The Kier molecular flexibility index (Phi) is 3.65. The van der Waals surface area contributed by atoms with Crippen molar-refractivity contribution in [3.63, 3.8) is 0 Å². The fraction of sp³-hybridized carbons (Fsp3) is 0.562. The Morgan fingerprint density at radius 1 is 1.21 bits per heavy atom. The molecular weight excluding hydrogens is 241 g/mol. The summed E-state index contributed by atoms with van der Waals surface area (Å²) in [6.07, 6.45) is 6.47. The summed E-state index contributed by atoms with van der Waals surface area (Å²) in [5.41, 5.74) is 0.906. The van der Waals surface area contributed by atoms with Crippen LogP contribution in [-0.4, -0.2) is 17.9 Å². The van der Waals surface area contributed by atoms with Crippen LogP contribution in [0.4, 0.5) is 4.39 Å². The smallest absolute Gasteiger partial charge is 0.154 e. The van der Waals surface area contributed by atoms with Crippen molar-refractivity contribution >= 4 is 5.78 Å². The minimum Gasteiger partial charge on any atom is -0.304 e. The third-order valence-electron chi connectivity index (χ3n) is 4.54. The number of Topliss-reactive ketones (excluding diaryl/α,β-unsaturated/α-hetero) is 1. The maximum absolute atomic E-state index is 12.8. The first kappa shape index (κ1) is 12.8. The SMILES string of the molecule is O=C(Cc1ccc(F)cc1)C1CC2CCCCC2N1. The molecule has 0 aromatic heterocycles. The predicted octanol–water partition coefficient (Wildman–Crippen LogP) is 2.86. The fourth-order valence-corrected chi connectivity index (χ4v) is 3.49. The summed E-state index contributed by atoms with van der Waals surface area (Å²) in [7, 11) is 0. The van der Waals surface area contributed by atoms with Crippen LogP contribution >= 0.6 is 0 Å². The predicted molar refractivity (Wildman–Crippen MR) is 72.4 cm³/mol. The monoisotopic (exact) mass is 261 g/mol. The second-order valence-electron chi connectivity index (χ2n) is 5.88. The number of benzene rings is 1. The summed E-state index contributed by atoms with van der Waals surface area (Å²) in [6.45, 7) is 0. The van der Waals surface area contributed by atoms with Gasteiger partial charge in [0, 0.05) is 12.5 Å². The molecule has 19 heavy (non-hydrogen) atoms. The number of hydrogen-bond donors (Lipinski definition) is 1. The zero-order valence-corrected chi connectivity index (χ0v) is 11.1. The number of carbonyl (C=O) groups excluding carboxylic acids is 1. The van der Waals surface area contributed by atoms with E-state index < -0.39 is 0 Å². The highest BCUT2D eigenvalue weighted by atomic mass is 19.1. The van der Waals surface area contributed by atoms with Gasteiger partial charge in [-0.3, -0.25) is 4.79 Å². The first-order chi connectivity index (χ1) is 9.22. The Labute approximate surface area is 113 Å². The van der Waals surface area contributed by atoms with Crippen molar-refractivity contribution in [3.05, 3.63) is 35.6 Å². The highest BCUT2D eigenvalue weighted by molar-refractivity contribution is 5.86. The maximum atomic E-state index is 12.8. The van der Waals surface area contributed by atoms with E-state index in [0.717, 1.165) is 12.0 Å². The van der Waals surface area contributed by atoms with Gasteiger partial charge in [-0.15, -0.1) is 0 Å². The van der Waals surface area contributed by atoms with Gasteiger partial charge in [0.15, 0.2) is 5.78 Å². The summed E-state index contributed by atoms with van der Waals surface area (Å²) < 4.78 is 12.8. The number of rotatable bonds is 3. The molecule has 2 nitrogen and oxygen atoms in total. The summed E-state index contributed by atoms with van der Waals surface area (Å²) in [5.74, 6) is 0.693. The first-order valence-corrected chi connectivity index (χ1v) is 7.25. The van der Waals surface area contributed by atoms with Crippen LogP contribution in [-0.2, 0) is 11.2 Å². The summed E-state index contributed by atoms with van der Waals surface area (Å²) in [6, 6.07) is 6.81. The molecule has 3 rings (SSSR count). The lowest BCUT2D eigenvalue weighted by molar-refractivity contribution is -0.120. The van der Waals surface area contributed by atoms with Crippen LogP contribution in [0.25, 0.3) is 0 Å². The molecule has 0 amide bonds. The van der Waals surface area contributed by atoms with Crippen molar-refractivity contribution in [3.8, 4) is 0 Å². The van der Waals surface area contributed by atoms with Gasteiger partial charge in [-0.1, -0.05) is 25.0 Å². The van der Waals surface area contributed by atoms with Crippen LogP contribution < -0.4 is 5.32 Å². The van der Waals surface area contributed by atoms with Crippen molar-refractivity contribution in [1.82, 2.24) is 5.32 Å². The van der Waals surface area contributed by atoms with Crippen LogP contribution in [0.3, 0.4) is 0 Å². The molecule has 0 bridgehead atoms. The summed E-state index contributed by atoms with van der Waals surface area (Å²) in [4.78, 5) is 12.3. The van der Waals surface area contributed by atoms with E-state index in [2.05, 4.69) is 5.32 Å². The van der Waals surface area contributed by atoms with E-state index in [1.54, 1.807) is 12.1 Å². The van der Waals surface area contributed by atoms with Crippen LogP contribution in [0.2, 0.25) is 0 Å². The molecule has 0 spiro atoms. The lowest BCUT2D eigenvalue weighted by Gasteiger charge is -2.24. The average molecular weight is 261 g/mol. The molecule has 3 heteroatoms. The molecule has 3 atom stereocenters. The van der Waals surface area contributed by atoms with Crippen molar-refractivity contribution in [2.75, 3.05) is 0 Å². The lowest BCUT2D eigenvalue weighted by Crippen LogP contribution is -2.37. The maximum Gasteiger partial charge on any atom is 0.154 e. The van der Waals surface area contributed by atoms with Gasteiger partial charge in [-0.05, 0) is 42.9 Å². The number of ketones is 1. The van der Waals surface area contributed by atoms with E-state index >= 15 is 0 Å². The lowest BCUT2D eigenvalue weighted by atomic mass is 9.84. The van der Waals surface area contributed by atoms with E-state index in [1.807, 2.05) is 0 Å². The molecule has 1 aromatic carbocycles. The Balaban J connectivity index is 1.60. The Morgan fingerprint density at radius 3 is 2.68 bits per heavy atom. The summed E-state index contributed by atoms with van der Waals surface area (Å²) in [5, 5.41) is 3.50. The molecule has 1 aliphatic carbocycles. The molecule has 1 heterocycles. The quantitative estimate of drug-likeness (QED) is 0.906. The van der Waals surface area contributed by atoms with E-state index in [4.69, 9.17) is 0 Å². The Bertz CT molecular complexity index is 442. The van der Waals surface area contributed by atoms with E-state index in [-0.39, 0.29) is 17.6 Å². The molecule has 0 radical (unpaired) electrons. The molecule has 1 aliphatic heterocycles. The van der Waals surface area contributed by atoms with Crippen LogP contribution in [0.15, 0.2) is 24.3 Å². The zero-order chi connectivity index (χ0) is 13.2. The number of hydrogen-bond acceptors (Lipinski definition) is 2. The van der Waals surface area contributed by atoms with Crippen molar-refractivity contribution in [2.45, 2.75) is 50.6 Å². The third-order valence-corrected chi connectivity index (χ3v) is 4.54. The van der Waals surface area contributed by atoms with Crippen molar-refractivity contribution in [2.24, 2.45) is 5.92 Å². The number of halogens is 1. The largest absolute Gasteiger partial charge is 0.304 e. The molecule has 1 aromatic rings. The molecular formula is C16H20FNO. The average Bonchev–Trinajstić information content (AvgIpc) is 2.85. The third kappa shape index (κ3) is 2.86. The molecule has 2 fully saturated rings. The second kappa shape index (κ2) is 5.41. The van der Waals surface area contributed by atoms with Crippen molar-refractivity contribution < 1.29 is 9.18 Å². The van der Waals surface area contributed by atoms with Gasteiger partial charge in [0.1, 0.15) is 5.82 Å². The molecule has 1 saturated carbocycles. The number of nitrogens with one attached hydrogen (secondary N) is 1. The zero-order valence-electron chi connectivity index (χ0n) is 11.1. The summed E-state index contributed by atoms with van der Waals surface area (Å²) >= 11 is 0. The Morgan fingerprint density at radius 2 is 1.95 bits per heavy atom. The van der Waals surface area contributed by atoms with Gasteiger partial charge in [-0.2, -0.15) is 0 Å². The topological polar surface area (TPSA) is 29.1 Å². The Hall–Kier alpha value is -1.22. The van der Waals surface area contributed by atoms with Gasteiger partial charge in [-0.25, -0.2) is 4.39 Å². The second-order valence-corrected chi connectivity index (χ2v) is 5.88. The minimum absolute atomic E-state index is 0.0122. The molecule has 1 saturated heterocycles. The minimum atomic E-state index is -0.249. The molecule has 2 aliphatic rings. The van der Waals surface area contributed by atoms with E-state index in [0.29, 0.717) is 18.4 Å². The number of fused-ring (bicyclic) bond motifs is 1. The standard InChI is InChI=1S/C16H20FNO/c17-13-7-5-11(6-8-13)9-16(19)15-10-12-3-1-2-4-14(12)18-15/h5-8,12,14-15,18H,1-4,9-10H2. The molecule has 1 N–H and O–H groups in total.